The van der Waals surface area contributed by atoms with Crippen LogP contribution in [0, 0.1) is 0 Å². The molecule has 1 N–H and O–H groups in total. The molecule has 0 radical (unpaired) electrons. The molecule has 0 saturated carbocycles. The lowest BCUT2D eigenvalue weighted by molar-refractivity contribution is -0.137. The highest BCUT2D eigenvalue weighted by atomic mass is 19.4. The van der Waals surface area contributed by atoms with Crippen LogP contribution in [0.1, 0.15) is 16.1 Å². The fraction of sp³-hybridized carbons (Fsp3) is 0.0714. The zero-order valence-electron chi connectivity index (χ0n) is 10.9. The van der Waals surface area contributed by atoms with Gasteiger partial charge < -0.3 is 5.11 Å². The van der Waals surface area contributed by atoms with Gasteiger partial charge in [-0.25, -0.2) is 14.3 Å². The lowest BCUT2D eigenvalue weighted by atomic mass is 10.1. The van der Waals surface area contributed by atoms with Crippen LogP contribution < -0.4 is 0 Å². The van der Waals surface area contributed by atoms with Crippen molar-refractivity contribution >= 4 is 11.6 Å². The topological polar surface area (TPSA) is 67.5 Å². The van der Waals surface area contributed by atoms with Gasteiger partial charge in [0.25, 0.3) is 0 Å². The van der Waals surface area contributed by atoms with Gasteiger partial charge in [0.15, 0.2) is 17.2 Å². The third-order valence-corrected chi connectivity index (χ3v) is 3.03. The summed E-state index contributed by atoms with van der Waals surface area (Å²) in [4.78, 5) is 15.2. The first-order chi connectivity index (χ1) is 10.4. The number of rotatable bonds is 2. The number of aromatic nitrogens is 3. The van der Waals surface area contributed by atoms with Gasteiger partial charge in [-0.05, 0) is 24.3 Å². The lowest BCUT2D eigenvalue weighted by Gasteiger charge is -2.06. The first kappa shape index (κ1) is 14.1. The van der Waals surface area contributed by atoms with Crippen molar-refractivity contribution in [3.63, 3.8) is 0 Å². The van der Waals surface area contributed by atoms with Crippen LogP contribution in [0.3, 0.4) is 0 Å². The molecular weight excluding hydrogens is 299 g/mol. The Labute approximate surface area is 121 Å². The van der Waals surface area contributed by atoms with Crippen LogP contribution in [-0.4, -0.2) is 25.7 Å². The van der Waals surface area contributed by atoms with Gasteiger partial charge in [0.2, 0.25) is 0 Å². The van der Waals surface area contributed by atoms with Crippen LogP contribution in [0.4, 0.5) is 13.2 Å². The Morgan fingerprint density at radius 1 is 1.14 bits per heavy atom. The first-order valence-corrected chi connectivity index (χ1v) is 6.13. The molecule has 2 heterocycles. The summed E-state index contributed by atoms with van der Waals surface area (Å²) in [5.74, 6) is -1.18. The summed E-state index contributed by atoms with van der Waals surface area (Å²) in [5.41, 5.74) is -0.535. The Morgan fingerprint density at radius 3 is 2.55 bits per heavy atom. The highest BCUT2D eigenvalue weighted by molar-refractivity contribution is 5.86. The van der Waals surface area contributed by atoms with Gasteiger partial charge in [-0.1, -0.05) is 18.2 Å². The molecule has 112 valence electrons. The van der Waals surface area contributed by atoms with Crippen LogP contribution in [0.5, 0.6) is 0 Å². The van der Waals surface area contributed by atoms with E-state index in [1.165, 1.54) is 30.3 Å². The average molecular weight is 307 g/mol. The number of halogens is 3. The number of nitrogens with zero attached hydrogens (tertiary/aromatic N) is 3. The number of benzene rings is 1. The average Bonchev–Trinajstić information content (AvgIpc) is 2.90. The minimum absolute atomic E-state index is 0.0276. The van der Waals surface area contributed by atoms with Gasteiger partial charge in [0.05, 0.1) is 5.56 Å². The Kier molecular flexibility index (Phi) is 3.09. The van der Waals surface area contributed by atoms with E-state index in [2.05, 4.69) is 10.1 Å². The zero-order chi connectivity index (χ0) is 15.9. The molecule has 3 aromatic rings. The molecule has 0 saturated heterocycles. The number of carboxylic acid groups (broad SMARTS) is 1. The molecular formula is C14H8F3N3O2. The predicted molar refractivity (Wildman–Crippen MR) is 70.4 cm³/mol. The van der Waals surface area contributed by atoms with Gasteiger partial charge in [-0.2, -0.15) is 13.2 Å². The number of carbonyl (C=O) groups is 1. The molecule has 0 bridgehead atoms. The third-order valence-electron chi connectivity index (χ3n) is 3.03. The number of hydrogen-bond acceptors (Lipinski definition) is 3. The fourth-order valence-electron chi connectivity index (χ4n) is 2.02. The minimum Gasteiger partial charge on any atom is -0.477 e. The number of hydrogen-bond donors (Lipinski definition) is 1. The molecule has 22 heavy (non-hydrogen) atoms. The fourth-order valence-corrected chi connectivity index (χ4v) is 2.02. The van der Waals surface area contributed by atoms with Crippen LogP contribution in [0.15, 0.2) is 42.5 Å². The summed E-state index contributed by atoms with van der Waals surface area (Å²) in [6, 6.07) is 8.91. The van der Waals surface area contributed by atoms with E-state index in [-0.39, 0.29) is 22.7 Å². The standard InChI is InChI=1S/C14H8F3N3O2/c15-14(16,17)9-4-1-3-8(7-9)12-18-11-6-2-5-10(13(21)22)20(11)19-12/h1-7H,(H,21,22). The van der Waals surface area contributed by atoms with Crippen LogP contribution in [-0.2, 0) is 6.18 Å². The van der Waals surface area contributed by atoms with Gasteiger partial charge in [-0.15, -0.1) is 5.10 Å². The van der Waals surface area contributed by atoms with E-state index in [0.29, 0.717) is 0 Å². The highest BCUT2D eigenvalue weighted by Crippen LogP contribution is 2.31. The van der Waals surface area contributed by atoms with E-state index in [4.69, 9.17) is 5.11 Å². The molecule has 0 aliphatic carbocycles. The Morgan fingerprint density at radius 2 is 1.86 bits per heavy atom. The lowest BCUT2D eigenvalue weighted by Crippen LogP contribution is -2.06. The van der Waals surface area contributed by atoms with E-state index in [9.17, 15) is 18.0 Å². The van der Waals surface area contributed by atoms with Crippen molar-refractivity contribution in [3.05, 3.63) is 53.7 Å². The third kappa shape index (κ3) is 2.39. The monoisotopic (exact) mass is 307 g/mol. The molecule has 0 amide bonds. The largest absolute Gasteiger partial charge is 0.477 e. The van der Waals surface area contributed by atoms with Gasteiger partial charge in [0.1, 0.15) is 0 Å². The number of aromatic carboxylic acids is 1. The molecule has 0 fully saturated rings. The highest BCUT2D eigenvalue weighted by Gasteiger charge is 2.30. The molecule has 0 spiro atoms. The molecule has 3 rings (SSSR count). The Bertz CT molecular complexity index is 871. The second-order valence-corrected chi connectivity index (χ2v) is 4.50. The van der Waals surface area contributed by atoms with Crippen molar-refractivity contribution in [1.82, 2.24) is 14.6 Å². The smallest absolute Gasteiger partial charge is 0.416 e. The molecule has 2 aromatic heterocycles. The zero-order valence-corrected chi connectivity index (χ0v) is 10.9. The van der Waals surface area contributed by atoms with Crippen molar-refractivity contribution in [2.75, 3.05) is 0 Å². The molecule has 0 aliphatic heterocycles. The van der Waals surface area contributed by atoms with Gasteiger partial charge in [0, 0.05) is 5.56 Å². The molecule has 0 aliphatic rings. The summed E-state index contributed by atoms with van der Waals surface area (Å²) in [7, 11) is 0. The number of alkyl halides is 3. The van der Waals surface area contributed by atoms with Gasteiger partial charge >= 0.3 is 12.1 Å². The number of pyridine rings is 1. The first-order valence-electron chi connectivity index (χ1n) is 6.13. The van der Waals surface area contributed by atoms with Crippen molar-refractivity contribution < 1.29 is 23.1 Å². The maximum absolute atomic E-state index is 12.7. The van der Waals surface area contributed by atoms with Crippen LogP contribution >= 0.6 is 0 Å². The van der Waals surface area contributed by atoms with E-state index >= 15 is 0 Å². The van der Waals surface area contributed by atoms with Crippen molar-refractivity contribution in [2.45, 2.75) is 6.18 Å². The van der Waals surface area contributed by atoms with E-state index in [1.54, 1.807) is 0 Å². The summed E-state index contributed by atoms with van der Waals surface area (Å²) in [6.07, 6.45) is -4.47. The number of carboxylic acids is 1. The second kappa shape index (κ2) is 4.83. The summed E-state index contributed by atoms with van der Waals surface area (Å²) < 4.78 is 39.3. The minimum atomic E-state index is -4.47. The van der Waals surface area contributed by atoms with Crippen molar-refractivity contribution in [3.8, 4) is 11.4 Å². The normalized spacial score (nSPS) is 11.8. The maximum atomic E-state index is 12.7. The van der Waals surface area contributed by atoms with Crippen LogP contribution in [0.25, 0.3) is 17.0 Å². The molecule has 0 unspecified atom stereocenters. The molecule has 8 heteroatoms. The van der Waals surface area contributed by atoms with Gasteiger partial charge in [-0.3, -0.25) is 0 Å². The summed E-state index contributed by atoms with van der Waals surface area (Å²) >= 11 is 0. The quantitative estimate of drug-likeness (QED) is 0.790. The van der Waals surface area contributed by atoms with E-state index < -0.39 is 17.7 Å². The summed E-state index contributed by atoms with van der Waals surface area (Å²) in [5, 5.41) is 13.1. The van der Waals surface area contributed by atoms with Crippen LogP contribution in [0.2, 0.25) is 0 Å². The molecule has 0 atom stereocenters. The molecule has 1 aromatic carbocycles. The maximum Gasteiger partial charge on any atom is 0.416 e. The summed E-state index contributed by atoms with van der Waals surface area (Å²) in [6.45, 7) is 0. The Balaban J connectivity index is 2.15. The predicted octanol–water partition coefficient (Wildman–Crippen LogP) is 3.11. The Hall–Kier alpha value is -2.90. The van der Waals surface area contributed by atoms with Crippen molar-refractivity contribution in [1.29, 1.82) is 0 Å². The molecule has 5 nitrogen and oxygen atoms in total. The second-order valence-electron chi connectivity index (χ2n) is 4.50. The SMILES string of the molecule is O=C(O)c1cccc2nc(-c3cccc(C(F)(F)F)c3)nn12. The van der Waals surface area contributed by atoms with E-state index in [1.807, 2.05) is 0 Å². The number of fused-ring (bicyclic) bond motifs is 1. The van der Waals surface area contributed by atoms with Crippen molar-refractivity contribution in [2.24, 2.45) is 0 Å². The van der Waals surface area contributed by atoms with E-state index in [0.717, 1.165) is 16.6 Å².